The van der Waals surface area contributed by atoms with Crippen molar-refractivity contribution in [3.8, 4) is 0 Å². The van der Waals surface area contributed by atoms with Crippen LogP contribution in [0.1, 0.15) is 28.9 Å². The standard InChI is InChI=1S/C16H19N3O3S/c1-9-12(14(20)19(2)3)13(18-16(23)17-9)10-5-7-11(8-6-10)15(21)22-4/h5-8,13H,1-4H3,(H2,17,18,23)/t13-/m1/s1. The first-order valence-electron chi connectivity index (χ1n) is 7.03. The van der Waals surface area contributed by atoms with E-state index in [0.29, 0.717) is 16.2 Å². The van der Waals surface area contributed by atoms with Gasteiger partial charge in [0, 0.05) is 19.8 Å². The highest BCUT2D eigenvalue weighted by Gasteiger charge is 2.30. The van der Waals surface area contributed by atoms with Crippen LogP contribution in [0.2, 0.25) is 0 Å². The number of hydrogen-bond donors (Lipinski definition) is 2. The highest BCUT2D eigenvalue weighted by Crippen LogP contribution is 2.28. The molecule has 0 saturated heterocycles. The molecule has 1 aliphatic heterocycles. The van der Waals surface area contributed by atoms with Gasteiger partial charge in [0.15, 0.2) is 5.11 Å². The average molecular weight is 333 g/mol. The molecule has 1 aliphatic rings. The summed E-state index contributed by atoms with van der Waals surface area (Å²) in [5.74, 6) is -0.506. The van der Waals surface area contributed by atoms with Crippen molar-refractivity contribution in [2.24, 2.45) is 0 Å². The fraction of sp³-hybridized carbons (Fsp3) is 0.312. The molecule has 1 amide bonds. The molecule has 2 rings (SSSR count). The molecule has 1 heterocycles. The zero-order valence-corrected chi connectivity index (χ0v) is 14.3. The molecule has 0 aliphatic carbocycles. The maximum absolute atomic E-state index is 12.5. The minimum absolute atomic E-state index is 0.105. The van der Waals surface area contributed by atoms with Crippen LogP contribution in [0.25, 0.3) is 0 Å². The van der Waals surface area contributed by atoms with Crippen molar-refractivity contribution < 1.29 is 14.3 Å². The molecule has 1 atom stereocenters. The van der Waals surface area contributed by atoms with E-state index in [4.69, 9.17) is 17.0 Å². The monoisotopic (exact) mass is 333 g/mol. The largest absolute Gasteiger partial charge is 0.465 e. The van der Waals surface area contributed by atoms with Gasteiger partial charge in [0.2, 0.25) is 0 Å². The molecule has 6 nitrogen and oxygen atoms in total. The Bertz CT molecular complexity index is 680. The molecule has 0 fully saturated rings. The predicted molar refractivity (Wildman–Crippen MR) is 90.8 cm³/mol. The Kier molecular flexibility index (Phi) is 5.00. The molecule has 0 bridgehead atoms. The molecule has 23 heavy (non-hydrogen) atoms. The average Bonchev–Trinajstić information content (AvgIpc) is 2.53. The van der Waals surface area contributed by atoms with Crippen molar-refractivity contribution in [2.45, 2.75) is 13.0 Å². The molecule has 0 saturated carbocycles. The predicted octanol–water partition coefficient (Wildman–Crippen LogP) is 1.35. The van der Waals surface area contributed by atoms with E-state index in [1.807, 2.05) is 6.92 Å². The molecule has 1 aromatic carbocycles. The summed E-state index contributed by atoms with van der Waals surface area (Å²) in [6, 6.07) is 6.54. The zero-order valence-electron chi connectivity index (χ0n) is 13.5. The van der Waals surface area contributed by atoms with Crippen LogP contribution in [0.5, 0.6) is 0 Å². The first-order chi connectivity index (χ1) is 10.8. The third-order valence-corrected chi connectivity index (χ3v) is 3.79. The number of nitrogens with zero attached hydrogens (tertiary/aromatic N) is 1. The third kappa shape index (κ3) is 3.50. The number of benzene rings is 1. The Morgan fingerprint density at radius 3 is 2.35 bits per heavy atom. The highest BCUT2D eigenvalue weighted by molar-refractivity contribution is 7.80. The summed E-state index contributed by atoms with van der Waals surface area (Å²) in [6.45, 7) is 1.82. The fourth-order valence-electron chi connectivity index (χ4n) is 2.40. The number of amides is 1. The number of esters is 1. The number of nitrogens with one attached hydrogen (secondary N) is 2. The van der Waals surface area contributed by atoms with Gasteiger partial charge >= 0.3 is 5.97 Å². The summed E-state index contributed by atoms with van der Waals surface area (Å²) in [7, 11) is 4.74. The molecule has 0 spiro atoms. The molecule has 2 N–H and O–H groups in total. The molecule has 122 valence electrons. The summed E-state index contributed by atoms with van der Waals surface area (Å²) >= 11 is 5.20. The topological polar surface area (TPSA) is 70.7 Å². The number of ether oxygens (including phenoxy) is 1. The van der Waals surface area contributed by atoms with E-state index in [1.165, 1.54) is 12.0 Å². The Labute approximate surface area is 140 Å². The van der Waals surface area contributed by atoms with Crippen LogP contribution >= 0.6 is 12.2 Å². The van der Waals surface area contributed by atoms with Crippen LogP contribution in [-0.4, -0.2) is 43.1 Å². The van der Waals surface area contributed by atoms with Crippen molar-refractivity contribution in [3.63, 3.8) is 0 Å². The zero-order chi connectivity index (χ0) is 17.1. The van der Waals surface area contributed by atoms with E-state index in [2.05, 4.69) is 10.6 Å². The van der Waals surface area contributed by atoms with Crippen molar-refractivity contribution >= 4 is 29.2 Å². The number of methoxy groups -OCH3 is 1. The van der Waals surface area contributed by atoms with Gasteiger partial charge in [-0.3, -0.25) is 4.79 Å². The lowest BCUT2D eigenvalue weighted by Crippen LogP contribution is -2.46. The number of carbonyl (C=O) groups is 2. The van der Waals surface area contributed by atoms with E-state index in [0.717, 1.165) is 11.3 Å². The summed E-state index contributed by atoms with van der Waals surface area (Å²) in [5.41, 5.74) is 2.60. The lowest BCUT2D eigenvalue weighted by atomic mass is 9.94. The molecule has 1 aromatic rings. The van der Waals surface area contributed by atoms with E-state index in [-0.39, 0.29) is 11.9 Å². The number of hydrogen-bond acceptors (Lipinski definition) is 4. The SMILES string of the molecule is COC(=O)c1ccc([C@H]2NC(=S)NC(C)=C2C(=O)N(C)C)cc1. The lowest BCUT2D eigenvalue weighted by Gasteiger charge is -2.31. The second-order valence-electron chi connectivity index (χ2n) is 5.38. The molecular weight excluding hydrogens is 314 g/mol. The van der Waals surface area contributed by atoms with Crippen LogP contribution in [0, 0.1) is 0 Å². The van der Waals surface area contributed by atoms with Gasteiger partial charge in [0.1, 0.15) is 0 Å². The number of carbonyl (C=O) groups excluding carboxylic acids is 2. The lowest BCUT2D eigenvalue weighted by molar-refractivity contribution is -0.125. The number of thiocarbonyl (C=S) groups is 1. The molecule has 0 radical (unpaired) electrons. The second-order valence-corrected chi connectivity index (χ2v) is 5.79. The number of likely N-dealkylation sites (N-methyl/N-ethyl adjacent to an activating group) is 1. The first-order valence-corrected chi connectivity index (χ1v) is 7.44. The Morgan fingerprint density at radius 1 is 1.22 bits per heavy atom. The molecule has 0 unspecified atom stereocenters. The van der Waals surface area contributed by atoms with Gasteiger partial charge in [-0.05, 0) is 36.8 Å². The maximum atomic E-state index is 12.5. The second kappa shape index (κ2) is 6.78. The van der Waals surface area contributed by atoms with Crippen molar-refractivity contribution in [1.82, 2.24) is 15.5 Å². The number of rotatable bonds is 3. The van der Waals surface area contributed by atoms with Crippen LogP contribution in [0.4, 0.5) is 0 Å². The number of allylic oxidation sites excluding steroid dienone is 1. The Morgan fingerprint density at radius 2 is 1.83 bits per heavy atom. The fourth-order valence-corrected chi connectivity index (χ4v) is 2.67. The van der Waals surface area contributed by atoms with E-state index >= 15 is 0 Å². The minimum Gasteiger partial charge on any atom is -0.465 e. The van der Waals surface area contributed by atoms with Crippen molar-refractivity contribution in [3.05, 3.63) is 46.7 Å². The quantitative estimate of drug-likeness (QED) is 0.643. The normalized spacial score (nSPS) is 17.2. The van der Waals surface area contributed by atoms with E-state index in [1.54, 1.807) is 38.4 Å². The van der Waals surface area contributed by atoms with Gasteiger partial charge < -0.3 is 20.3 Å². The maximum Gasteiger partial charge on any atom is 0.337 e. The van der Waals surface area contributed by atoms with Gasteiger partial charge in [-0.2, -0.15) is 0 Å². The van der Waals surface area contributed by atoms with Gasteiger partial charge in [0.05, 0.1) is 24.3 Å². The van der Waals surface area contributed by atoms with Gasteiger partial charge in [0.25, 0.3) is 5.91 Å². The van der Waals surface area contributed by atoms with Crippen molar-refractivity contribution in [2.75, 3.05) is 21.2 Å². The van der Waals surface area contributed by atoms with Crippen LogP contribution in [-0.2, 0) is 9.53 Å². The third-order valence-electron chi connectivity index (χ3n) is 3.57. The van der Waals surface area contributed by atoms with Gasteiger partial charge in [-0.25, -0.2) is 4.79 Å². The summed E-state index contributed by atoms with van der Waals surface area (Å²) in [5, 5.41) is 6.55. The summed E-state index contributed by atoms with van der Waals surface area (Å²) in [4.78, 5) is 25.5. The van der Waals surface area contributed by atoms with Crippen LogP contribution < -0.4 is 10.6 Å². The van der Waals surface area contributed by atoms with E-state index in [9.17, 15) is 9.59 Å². The van der Waals surface area contributed by atoms with Gasteiger partial charge in [-0.1, -0.05) is 12.1 Å². The Balaban J connectivity index is 2.42. The Hall–Kier alpha value is -2.41. The first kappa shape index (κ1) is 17.0. The molecule has 7 heteroatoms. The van der Waals surface area contributed by atoms with E-state index < -0.39 is 5.97 Å². The minimum atomic E-state index is -0.401. The van der Waals surface area contributed by atoms with Crippen molar-refractivity contribution in [1.29, 1.82) is 0 Å². The molecular formula is C16H19N3O3S. The van der Waals surface area contributed by atoms with Crippen LogP contribution in [0.3, 0.4) is 0 Å². The highest BCUT2D eigenvalue weighted by atomic mass is 32.1. The van der Waals surface area contributed by atoms with Gasteiger partial charge in [-0.15, -0.1) is 0 Å². The molecule has 0 aromatic heterocycles. The summed E-state index contributed by atoms with van der Waals surface area (Å²) < 4.78 is 4.69. The smallest absolute Gasteiger partial charge is 0.337 e. The van der Waals surface area contributed by atoms with Crippen LogP contribution in [0.15, 0.2) is 35.5 Å². The summed E-state index contributed by atoms with van der Waals surface area (Å²) in [6.07, 6.45) is 0.